The summed E-state index contributed by atoms with van der Waals surface area (Å²) in [5.41, 5.74) is 1.60. The van der Waals surface area contributed by atoms with Crippen molar-refractivity contribution < 1.29 is 8.42 Å². The molecule has 0 atom stereocenters. The van der Waals surface area contributed by atoms with Gasteiger partial charge < -0.3 is 0 Å². The fraction of sp³-hybridized carbons (Fsp3) is 0.125. The number of halogens is 2. The SMILES string of the molecule is CN(Cc1cccc(Cl)c1)S(=O)(=O)/C=C/c1ccc(Cl)cc1. The minimum absolute atomic E-state index is 0.258. The van der Waals surface area contributed by atoms with Crippen LogP contribution in [-0.4, -0.2) is 19.8 Å². The van der Waals surface area contributed by atoms with E-state index in [9.17, 15) is 8.42 Å². The van der Waals surface area contributed by atoms with Gasteiger partial charge in [0.25, 0.3) is 0 Å². The molecule has 22 heavy (non-hydrogen) atoms. The van der Waals surface area contributed by atoms with E-state index in [1.165, 1.54) is 16.8 Å². The molecule has 0 spiro atoms. The van der Waals surface area contributed by atoms with Crippen LogP contribution >= 0.6 is 23.2 Å². The molecule has 0 unspecified atom stereocenters. The van der Waals surface area contributed by atoms with Crippen LogP contribution in [0.2, 0.25) is 10.0 Å². The van der Waals surface area contributed by atoms with E-state index in [0.717, 1.165) is 11.1 Å². The van der Waals surface area contributed by atoms with Crippen molar-refractivity contribution in [3.63, 3.8) is 0 Å². The smallest absolute Gasteiger partial charge is 0.208 e. The largest absolute Gasteiger partial charge is 0.236 e. The molecule has 2 aromatic rings. The second-order valence-electron chi connectivity index (χ2n) is 4.79. The molecule has 0 aliphatic carbocycles. The van der Waals surface area contributed by atoms with Crippen LogP contribution in [0.4, 0.5) is 0 Å². The van der Waals surface area contributed by atoms with Crippen LogP contribution in [0.15, 0.2) is 53.9 Å². The highest BCUT2D eigenvalue weighted by molar-refractivity contribution is 7.92. The van der Waals surface area contributed by atoms with E-state index in [1.807, 2.05) is 6.07 Å². The molecule has 0 heterocycles. The first kappa shape index (κ1) is 17.0. The molecule has 0 radical (unpaired) electrons. The van der Waals surface area contributed by atoms with Crippen molar-refractivity contribution >= 4 is 39.3 Å². The molecular weight excluding hydrogens is 341 g/mol. The summed E-state index contributed by atoms with van der Waals surface area (Å²) in [4.78, 5) is 0. The molecule has 116 valence electrons. The summed E-state index contributed by atoms with van der Waals surface area (Å²) in [5, 5.41) is 2.37. The van der Waals surface area contributed by atoms with E-state index in [-0.39, 0.29) is 6.54 Å². The van der Waals surface area contributed by atoms with Gasteiger partial charge in [-0.25, -0.2) is 8.42 Å². The maximum Gasteiger partial charge on any atom is 0.236 e. The zero-order valence-electron chi connectivity index (χ0n) is 11.9. The fourth-order valence-corrected chi connectivity index (χ4v) is 3.03. The molecule has 6 heteroatoms. The lowest BCUT2D eigenvalue weighted by Gasteiger charge is -2.14. The molecule has 0 saturated heterocycles. The zero-order valence-corrected chi connectivity index (χ0v) is 14.2. The van der Waals surface area contributed by atoms with Crippen molar-refractivity contribution in [1.82, 2.24) is 4.31 Å². The highest BCUT2D eigenvalue weighted by atomic mass is 35.5. The van der Waals surface area contributed by atoms with Crippen LogP contribution in [0.3, 0.4) is 0 Å². The van der Waals surface area contributed by atoms with E-state index in [1.54, 1.807) is 48.5 Å². The Labute approximate surface area is 140 Å². The first-order valence-electron chi connectivity index (χ1n) is 6.51. The minimum Gasteiger partial charge on any atom is -0.208 e. The summed E-state index contributed by atoms with van der Waals surface area (Å²) in [5.74, 6) is 0. The quantitative estimate of drug-likeness (QED) is 0.795. The maximum atomic E-state index is 12.2. The first-order chi connectivity index (χ1) is 10.4. The summed E-state index contributed by atoms with van der Waals surface area (Å²) in [7, 11) is -1.97. The predicted octanol–water partition coefficient (Wildman–Crippen LogP) is 4.43. The Morgan fingerprint density at radius 1 is 1.05 bits per heavy atom. The molecule has 2 rings (SSSR count). The monoisotopic (exact) mass is 355 g/mol. The third kappa shape index (κ3) is 4.85. The molecular formula is C16H15Cl2NO2S. The highest BCUT2D eigenvalue weighted by Crippen LogP contribution is 2.15. The molecule has 0 aliphatic heterocycles. The maximum absolute atomic E-state index is 12.2. The van der Waals surface area contributed by atoms with Gasteiger partial charge in [0.15, 0.2) is 0 Å². The Balaban J connectivity index is 2.10. The molecule has 0 bridgehead atoms. The van der Waals surface area contributed by atoms with Gasteiger partial charge in [0.2, 0.25) is 10.0 Å². The summed E-state index contributed by atoms with van der Waals surface area (Å²) in [6, 6.07) is 14.1. The van der Waals surface area contributed by atoms with Gasteiger partial charge in [0.1, 0.15) is 0 Å². The van der Waals surface area contributed by atoms with Crippen LogP contribution in [0, 0.1) is 0 Å². The predicted molar refractivity (Wildman–Crippen MR) is 92.3 cm³/mol. The lowest BCUT2D eigenvalue weighted by atomic mass is 10.2. The average Bonchev–Trinajstić information content (AvgIpc) is 2.47. The van der Waals surface area contributed by atoms with Gasteiger partial charge >= 0.3 is 0 Å². The average molecular weight is 356 g/mol. The molecule has 0 aromatic heterocycles. The zero-order chi connectivity index (χ0) is 16.2. The van der Waals surface area contributed by atoms with Crippen molar-refractivity contribution in [2.75, 3.05) is 7.05 Å². The number of rotatable bonds is 5. The molecule has 0 amide bonds. The van der Waals surface area contributed by atoms with Gasteiger partial charge in [-0.2, -0.15) is 4.31 Å². The molecule has 0 N–H and O–H groups in total. The normalized spacial score (nSPS) is 12.2. The first-order valence-corrected chi connectivity index (χ1v) is 8.77. The van der Waals surface area contributed by atoms with Crippen molar-refractivity contribution in [2.45, 2.75) is 6.54 Å². The summed E-state index contributed by atoms with van der Waals surface area (Å²) in [6.07, 6.45) is 1.54. The molecule has 0 saturated carbocycles. The lowest BCUT2D eigenvalue weighted by molar-refractivity contribution is 0.475. The van der Waals surface area contributed by atoms with E-state index < -0.39 is 10.0 Å². The standard InChI is InChI=1S/C16H15Cl2NO2S/c1-19(12-14-3-2-4-16(18)11-14)22(20,21)10-9-13-5-7-15(17)8-6-13/h2-11H,12H2,1H3/b10-9+. The topological polar surface area (TPSA) is 37.4 Å². The van der Waals surface area contributed by atoms with E-state index in [2.05, 4.69) is 0 Å². The van der Waals surface area contributed by atoms with Crippen LogP contribution in [-0.2, 0) is 16.6 Å². The number of sulfonamides is 1. The molecule has 0 aliphatic rings. The second-order valence-corrected chi connectivity index (χ2v) is 7.58. The Morgan fingerprint density at radius 2 is 1.73 bits per heavy atom. The summed E-state index contributed by atoms with van der Waals surface area (Å²) in [6.45, 7) is 0.258. The van der Waals surface area contributed by atoms with Crippen LogP contribution in [0.5, 0.6) is 0 Å². The van der Waals surface area contributed by atoms with Gasteiger partial charge in [-0.3, -0.25) is 0 Å². The van der Waals surface area contributed by atoms with Gasteiger partial charge in [0, 0.05) is 29.0 Å². The van der Waals surface area contributed by atoms with E-state index in [0.29, 0.717) is 10.0 Å². The van der Waals surface area contributed by atoms with Crippen LogP contribution in [0.1, 0.15) is 11.1 Å². The van der Waals surface area contributed by atoms with E-state index in [4.69, 9.17) is 23.2 Å². The Hall–Kier alpha value is -1.33. The van der Waals surface area contributed by atoms with E-state index >= 15 is 0 Å². The Morgan fingerprint density at radius 3 is 2.36 bits per heavy atom. The number of hydrogen-bond donors (Lipinski definition) is 0. The number of hydrogen-bond acceptors (Lipinski definition) is 2. The van der Waals surface area contributed by atoms with Crippen LogP contribution < -0.4 is 0 Å². The Bertz CT molecular complexity index is 771. The fourth-order valence-electron chi connectivity index (χ4n) is 1.82. The van der Waals surface area contributed by atoms with Gasteiger partial charge in [0.05, 0.1) is 0 Å². The molecule has 2 aromatic carbocycles. The number of nitrogens with zero attached hydrogens (tertiary/aromatic N) is 1. The second kappa shape index (κ2) is 7.29. The third-order valence-corrected chi connectivity index (χ3v) is 5.00. The van der Waals surface area contributed by atoms with Crippen molar-refractivity contribution in [3.05, 3.63) is 75.1 Å². The van der Waals surface area contributed by atoms with Crippen molar-refractivity contribution in [1.29, 1.82) is 0 Å². The van der Waals surface area contributed by atoms with Gasteiger partial charge in [-0.15, -0.1) is 0 Å². The lowest BCUT2D eigenvalue weighted by Crippen LogP contribution is -2.24. The minimum atomic E-state index is -3.50. The number of benzene rings is 2. The molecule has 3 nitrogen and oxygen atoms in total. The molecule has 0 fully saturated rings. The third-order valence-electron chi connectivity index (χ3n) is 3.03. The summed E-state index contributed by atoms with van der Waals surface area (Å²) >= 11 is 11.7. The van der Waals surface area contributed by atoms with Gasteiger partial charge in [-0.05, 0) is 41.5 Å². The summed E-state index contributed by atoms with van der Waals surface area (Å²) < 4.78 is 25.7. The van der Waals surface area contributed by atoms with Crippen LogP contribution in [0.25, 0.3) is 6.08 Å². The van der Waals surface area contributed by atoms with Gasteiger partial charge in [-0.1, -0.05) is 47.5 Å². The van der Waals surface area contributed by atoms with Crippen molar-refractivity contribution in [3.8, 4) is 0 Å². The van der Waals surface area contributed by atoms with Crippen molar-refractivity contribution in [2.24, 2.45) is 0 Å². The highest BCUT2D eigenvalue weighted by Gasteiger charge is 2.14. The Kier molecular flexibility index (Phi) is 5.64.